The average Bonchev–Trinajstić information content (AvgIpc) is 2.46. The minimum Gasteiger partial charge on any atom is -0.508 e. The second-order valence-corrected chi connectivity index (χ2v) is 5.36. The lowest BCUT2D eigenvalue weighted by Gasteiger charge is -2.35. The van der Waals surface area contributed by atoms with Gasteiger partial charge in [-0.3, -0.25) is 4.90 Å². The molecule has 1 aliphatic heterocycles. The number of phenolic OH excluding ortho intramolecular Hbond substituents is 1. The zero-order valence-corrected chi connectivity index (χ0v) is 12.5. The second kappa shape index (κ2) is 7.19. The third-order valence-corrected chi connectivity index (χ3v) is 3.75. The minimum absolute atomic E-state index is 0.00603. The van der Waals surface area contributed by atoms with Gasteiger partial charge in [0.05, 0.1) is 0 Å². The molecule has 0 saturated carbocycles. The van der Waals surface area contributed by atoms with Crippen LogP contribution in [0.15, 0.2) is 18.2 Å². The Labute approximate surface area is 127 Å². The van der Waals surface area contributed by atoms with E-state index in [0.717, 1.165) is 45.1 Å². The summed E-state index contributed by atoms with van der Waals surface area (Å²) in [6.45, 7) is 5.28. The van der Waals surface area contributed by atoms with E-state index in [1.807, 2.05) is 6.92 Å². The highest BCUT2D eigenvalue weighted by molar-refractivity contribution is 5.41. The van der Waals surface area contributed by atoms with Crippen LogP contribution < -0.4 is 10.1 Å². The van der Waals surface area contributed by atoms with Gasteiger partial charge in [-0.15, -0.1) is 13.2 Å². The lowest BCUT2D eigenvalue weighted by atomic mass is 9.98. The van der Waals surface area contributed by atoms with Gasteiger partial charge in [-0.25, -0.2) is 0 Å². The van der Waals surface area contributed by atoms with Crippen LogP contribution in [0.25, 0.3) is 0 Å². The van der Waals surface area contributed by atoms with E-state index >= 15 is 0 Å². The number of hydrogen-bond acceptors (Lipinski definition) is 4. The molecule has 1 aliphatic rings. The molecule has 7 heteroatoms. The van der Waals surface area contributed by atoms with Gasteiger partial charge >= 0.3 is 6.36 Å². The maximum atomic E-state index is 12.4. The maximum Gasteiger partial charge on any atom is 0.573 e. The van der Waals surface area contributed by atoms with Gasteiger partial charge in [-0.05, 0) is 24.6 Å². The van der Waals surface area contributed by atoms with Crippen LogP contribution in [0.3, 0.4) is 0 Å². The van der Waals surface area contributed by atoms with Crippen LogP contribution >= 0.6 is 0 Å². The molecule has 4 nitrogen and oxygen atoms in total. The number of aromatic hydroxyl groups is 1. The standard InChI is InChI=1S/C15H21F3N2O2/c1-2-3-13(20-8-6-19-7-9-20)12-10-11(4-5-14(12)21)22-15(16,17)18/h4-5,10,13,19,21H,2-3,6-9H2,1H3/t13-/m1/s1. The molecular formula is C15H21F3N2O2. The molecule has 2 rings (SSSR count). The highest BCUT2D eigenvalue weighted by Gasteiger charge is 2.32. The third kappa shape index (κ3) is 4.51. The molecular weight excluding hydrogens is 297 g/mol. The molecule has 0 aliphatic carbocycles. The zero-order valence-electron chi connectivity index (χ0n) is 12.5. The van der Waals surface area contributed by atoms with Gasteiger partial charge < -0.3 is 15.2 Å². The molecule has 0 amide bonds. The normalized spacial score (nSPS) is 18.2. The van der Waals surface area contributed by atoms with Crippen molar-refractivity contribution < 1.29 is 23.0 Å². The monoisotopic (exact) mass is 318 g/mol. The number of alkyl halides is 3. The molecule has 0 radical (unpaired) electrons. The molecule has 0 bridgehead atoms. The fourth-order valence-corrected chi connectivity index (χ4v) is 2.80. The van der Waals surface area contributed by atoms with E-state index < -0.39 is 6.36 Å². The summed E-state index contributed by atoms with van der Waals surface area (Å²) in [5, 5.41) is 13.3. The Hall–Kier alpha value is -1.47. The lowest BCUT2D eigenvalue weighted by molar-refractivity contribution is -0.274. The summed E-state index contributed by atoms with van der Waals surface area (Å²) in [7, 11) is 0. The first-order valence-corrected chi connectivity index (χ1v) is 7.44. The first-order valence-electron chi connectivity index (χ1n) is 7.44. The molecule has 124 valence electrons. The summed E-state index contributed by atoms with van der Waals surface area (Å²) in [5.74, 6) is -0.289. The first kappa shape index (κ1) is 16.9. The summed E-state index contributed by atoms with van der Waals surface area (Å²) in [4.78, 5) is 2.19. The van der Waals surface area contributed by atoms with E-state index in [-0.39, 0.29) is 17.5 Å². The molecule has 1 fully saturated rings. The van der Waals surface area contributed by atoms with Gasteiger partial charge in [-0.2, -0.15) is 0 Å². The van der Waals surface area contributed by atoms with Crippen LogP contribution in [0.1, 0.15) is 31.4 Å². The summed E-state index contributed by atoms with van der Waals surface area (Å²) < 4.78 is 41.1. The van der Waals surface area contributed by atoms with Crippen LogP contribution in [-0.4, -0.2) is 42.5 Å². The molecule has 1 atom stereocenters. The van der Waals surface area contributed by atoms with Crippen molar-refractivity contribution in [2.24, 2.45) is 0 Å². The van der Waals surface area contributed by atoms with Crippen LogP contribution in [0, 0.1) is 0 Å². The molecule has 1 saturated heterocycles. The van der Waals surface area contributed by atoms with Crippen molar-refractivity contribution in [3.8, 4) is 11.5 Å². The number of nitrogens with one attached hydrogen (secondary N) is 1. The van der Waals surface area contributed by atoms with Crippen molar-refractivity contribution in [3.63, 3.8) is 0 Å². The number of nitrogens with zero attached hydrogens (tertiary/aromatic N) is 1. The van der Waals surface area contributed by atoms with Gasteiger partial charge in [0.2, 0.25) is 0 Å². The second-order valence-electron chi connectivity index (χ2n) is 5.36. The Kier molecular flexibility index (Phi) is 5.52. The number of piperazine rings is 1. The molecule has 1 aromatic carbocycles. The topological polar surface area (TPSA) is 44.7 Å². The number of ether oxygens (including phenoxy) is 1. The molecule has 22 heavy (non-hydrogen) atoms. The molecule has 0 unspecified atom stereocenters. The predicted octanol–water partition coefficient (Wildman–Crippen LogP) is 3.04. The molecule has 1 heterocycles. The summed E-state index contributed by atoms with van der Waals surface area (Å²) in [6, 6.07) is 3.59. The van der Waals surface area contributed by atoms with E-state index in [9.17, 15) is 18.3 Å². The fourth-order valence-electron chi connectivity index (χ4n) is 2.80. The van der Waals surface area contributed by atoms with Gasteiger partial charge in [0, 0.05) is 37.8 Å². The number of hydrogen-bond donors (Lipinski definition) is 2. The van der Waals surface area contributed by atoms with Gasteiger partial charge in [0.15, 0.2) is 0 Å². The fraction of sp³-hybridized carbons (Fsp3) is 0.600. The van der Waals surface area contributed by atoms with Crippen LogP contribution in [-0.2, 0) is 0 Å². The van der Waals surface area contributed by atoms with Crippen molar-refractivity contribution in [1.29, 1.82) is 0 Å². The van der Waals surface area contributed by atoms with Crippen molar-refractivity contribution in [2.45, 2.75) is 32.2 Å². The quantitative estimate of drug-likeness (QED) is 0.876. The average molecular weight is 318 g/mol. The van der Waals surface area contributed by atoms with Crippen LogP contribution in [0.4, 0.5) is 13.2 Å². The number of halogens is 3. The largest absolute Gasteiger partial charge is 0.573 e. The molecule has 2 N–H and O–H groups in total. The van der Waals surface area contributed by atoms with Crippen molar-refractivity contribution in [2.75, 3.05) is 26.2 Å². The number of phenols is 1. The smallest absolute Gasteiger partial charge is 0.508 e. The van der Waals surface area contributed by atoms with E-state index in [4.69, 9.17) is 0 Å². The van der Waals surface area contributed by atoms with E-state index in [1.165, 1.54) is 12.1 Å². The Morgan fingerprint density at radius 3 is 2.59 bits per heavy atom. The maximum absolute atomic E-state index is 12.4. The van der Waals surface area contributed by atoms with Crippen molar-refractivity contribution in [3.05, 3.63) is 23.8 Å². The zero-order chi connectivity index (χ0) is 16.2. The van der Waals surface area contributed by atoms with Crippen LogP contribution in [0.5, 0.6) is 11.5 Å². The SMILES string of the molecule is CCC[C@H](c1cc(OC(F)(F)F)ccc1O)N1CCNCC1. The van der Waals surface area contributed by atoms with Crippen LogP contribution in [0.2, 0.25) is 0 Å². The highest BCUT2D eigenvalue weighted by atomic mass is 19.4. The van der Waals surface area contributed by atoms with Gasteiger partial charge in [0.1, 0.15) is 11.5 Å². The molecule has 0 aromatic heterocycles. The lowest BCUT2D eigenvalue weighted by Crippen LogP contribution is -2.45. The molecule has 1 aromatic rings. The minimum atomic E-state index is -4.73. The number of rotatable bonds is 5. The first-order chi connectivity index (χ1) is 10.4. The highest BCUT2D eigenvalue weighted by Crippen LogP contribution is 2.36. The van der Waals surface area contributed by atoms with E-state index in [0.29, 0.717) is 5.56 Å². The Bertz CT molecular complexity index is 488. The van der Waals surface area contributed by atoms with Crippen molar-refractivity contribution in [1.82, 2.24) is 10.2 Å². The summed E-state index contributed by atoms with van der Waals surface area (Å²) >= 11 is 0. The van der Waals surface area contributed by atoms with Gasteiger partial charge in [-0.1, -0.05) is 13.3 Å². The Morgan fingerprint density at radius 1 is 1.32 bits per heavy atom. The van der Waals surface area contributed by atoms with E-state index in [2.05, 4.69) is 15.0 Å². The van der Waals surface area contributed by atoms with Gasteiger partial charge in [0.25, 0.3) is 0 Å². The Morgan fingerprint density at radius 2 is 2.00 bits per heavy atom. The Balaban J connectivity index is 2.27. The summed E-state index contributed by atoms with van der Waals surface area (Å²) in [5.41, 5.74) is 0.491. The predicted molar refractivity (Wildman–Crippen MR) is 76.9 cm³/mol. The number of benzene rings is 1. The third-order valence-electron chi connectivity index (χ3n) is 3.75. The molecule has 0 spiro atoms. The van der Waals surface area contributed by atoms with E-state index in [1.54, 1.807) is 0 Å². The summed E-state index contributed by atoms with van der Waals surface area (Å²) in [6.07, 6.45) is -3.09. The van der Waals surface area contributed by atoms with Crippen molar-refractivity contribution >= 4 is 0 Å².